The normalized spacial score (nSPS) is 31.8. The molecule has 3 fully saturated rings. The molecule has 0 spiro atoms. The van der Waals surface area contributed by atoms with E-state index in [2.05, 4.69) is 0 Å². The third-order valence-corrected chi connectivity index (χ3v) is 6.21. The van der Waals surface area contributed by atoms with Gasteiger partial charge in [-0.1, -0.05) is 32.1 Å². The molecule has 2 saturated heterocycles. The maximum atomic E-state index is 12.5. The van der Waals surface area contributed by atoms with Crippen LogP contribution in [0.25, 0.3) is 0 Å². The lowest BCUT2D eigenvalue weighted by Crippen LogP contribution is -2.45. The minimum atomic E-state index is -0.767. The smallest absolute Gasteiger partial charge is 0.311 e. The first-order chi connectivity index (χ1) is 11.1. The molecule has 0 radical (unpaired) electrons. The van der Waals surface area contributed by atoms with Crippen LogP contribution in [0, 0.1) is 17.3 Å². The predicted octanol–water partition coefficient (Wildman–Crippen LogP) is 2.69. The van der Waals surface area contributed by atoms with E-state index in [9.17, 15) is 14.7 Å². The standard InChI is InChI=1S/C18H29NO4/c20-16(8-4-7-14-5-2-1-3-6-14)19-11-15-12-23-10-9-18(15,13-19)17(21)22/h14-15H,1-13H2,(H,21,22)/t15-,18+/m0/s1. The Kier molecular flexibility index (Phi) is 5.24. The molecule has 0 bridgehead atoms. The molecule has 1 aliphatic carbocycles. The van der Waals surface area contributed by atoms with Crippen molar-refractivity contribution in [1.29, 1.82) is 0 Å². The molecule has 0 aromatic carbocycles. The van der Waals surface area contributed by atoms with Crippen LogP contribution in [0.15, 0.2) is 0 Å². The number of likely N-dealkylation sites (tertiary alicyclic amines) is 1. The van der Waals surface area contributed by atoms with Gasteiger partial charge in [-0.25, -0.2) is 0 Å². The highest BCUT2D eigenvalue weighted by Crippen LogP contribution is 2.42. The van der Waals surface area contributed by atoms with Gasteiger partial charge in [-0.15, -0.1) is 0 Å². The number of hydrogen-bond donors (Lipinski definition) is 1. The second-order valence-electron chi connectivity index (χ2n) is 7.65. The molecule has 3 aliphatic rings. The van der Waals surface area contributed by atoms with Crippen molar-refractivity contribution in [3.05, 3.63) is 0 Å². The molecular weight excluding hydrogens is 294 g/mol. The van der Waals surface area contributed by atoms with Gasteiger partial charge in [-0.2, -0.15) is 0 Å². The molecule has 23 heavy (non-hydrogen) atoms. The van der Waals surface area contributed by atoms with E-state index in [1.807, 2.05) is 0 Å². The summed E-state index contributed by atoms with van der Waals surface area (Å²) < 4.78 is 5.45. The predicted molar refractivity (Wildman–Crippen MR) is 86.0 cm³/mol. The first-order valence-corrected chi connectivity index (χ1v) is 9.21. The van der Waals surface area contributed by atoms with E-state index in [1.165, 1.54) is 32.1 Å². The van der Waals surface area contributed by atoms with E-state index < -0.39 is 11.4 Å². The van der Waals surface area contributed by atoms with E-state index >= 15 is 0 Å². The van der Waals surface area contributed by atoms with E-state index in [0.29, 0.717) is 39.1 Å². The Morgan fingerprint density at radius 1 is 1.22 bits per heavy atom. The number of amides is 1. The molecule has 0 unspecified atom stereocenters. The van der Waals surface area contributed by atoms with Crippen LogP contribution < -0.4 is 0 Å². The van der Waals surface area contributed by atoms with Gasteiger partial charge in [0.15, 0.2) is 0 Å². The maximum Gasteiger partial charge on any atom is 0.311 e. The highest BCUT2D eigenvalue weighted by atomic mass is 16.5. The summed E-state index contributed by atoms with van der Waals surface area (Å²) in [6.45, 7) is 1.89. The number of carbonyl (C=O) groups excluding carboxylic acids is 1. The fraction of sp³-hybridized carbons (Fsp3) is 0.889. The van der Waals surface area contributed by atoms with Crippen molar-refractivity contribution in [2.45, 2.75) is 57.8 Å². The summed E-state index contributed by atoms with van der Waals surface area (Å²) in [7, 11) is 0. The van der Waals surface area contributed by atoms with Crippen LogP contribution in [-0.4, -0.2) is 48.2 Å². The van der Waals surface area contributed by atoms with E-state index in [1.54, 1.807) is 4.90 Å². The SMILES string of the molecule is O=C(CCCC1CCCCC1)N1C[C@H]2COCC[C@@]2(C(=O)O)C1. The lowest BCUT2D eigenvalue weighted by atomic mass is 9.74. The number of carboxylic acids is 1. The molecular formula is C18H29NO4. The minimum Gasteiger partial charge on any atom is -0.481 e. The van der Waals surface area contributed by atoms with Gasteiger partial charge in [-0.3, -0.25) is 9.59 Å². The fourth-order valence-electron chi connectivity index (χ4n) is 4.67. The number of carboxylic acid groups (broad SMARTS) is 1. The first kappa shape index (κ1) is 16.7. The summed E-state index contributed by atoms with van der Waals surface area (Å²) in [6.07, 6.45) is 9.87. The molecule has 1 saturated carbocycles. The molecule has 5 heteroatoms. The summed E-state index contributed by atoms with van der Waals surface area (Å²) in [5.74, 6) is 0.131. The van der Waals surface area contributed by atoms with Crippen molar-refractivity contribution in [2.24, 2.45) is 17.3 Å². The Morgan fingerprint density at radius 3 is 2.70 bits per heavy atom. The third kappa shape index (κ3) is 3.54. The van der Waals surface area contributed by atoms with Gasteiger partial charge < -0.3 is 14.7 Å². The molecule has 2 heterocycles. The number of fused-ring (bicyclic) bond motifs is 1. The molecule has 1 amide bonds. The van der Waals surface area contributed by atoms with Gasteiger partial charge >= 0.3 is 5.97 Å². The number of rotatable bonds is 5. The lowest BCUT2D eigenvalue weighted by molar-refractivity contribution is -0.157. The molecule has 3 rings (SSSR count). The highest BCUT2D eigenvalue weighted by molar-refractivity contribution is 5.81. The van der Waals surface area contributed by atoms with Crippen LogP contribution in [0.3, 0.4) is 0 Å². The molecule has 5 nitrogen and oxygen atoms in total. The van der Waals surface area contributed by atoms with Crippen LogP contribution in [0.4, 0.5) is 0 Å². The van der Waals surface area contributed by atoms with Gasteiger partial charge in [-0.05, 0) is 25.2 Å². The molecule has 0 aromatic heterocycles. The Hall–Kier alpha value is -1.10. The average Bonchev–Trinajstić information content (AvgIpc) is 2.97. The topological polar surface area (TPSA) is 66.8 Å². The number of nitrogens with zero attached hydrogens (tertiary/aromatic N) is 1. The van der Waals surface area contributed by atoms with Crippen molar-refractivity contribution in [2.75, 3.05) is 26.3 Å². The Bertz CT molecular complexity index is 446. The molecule has 2 aliphatic heterocycles. The van der Waals surface area contributed by atoms with Crippen LogP contribution in [0.1, 0.15) is 57.8 Å². The highest BCUT2D eigenvalue weighted by Gasteiger charge is 2.54. The Balaban J connectivity index is 1.49. The van der Waals surface area contributed by atoms with Crippen molar-refractivity contribution in [1.82, 2.24) is 4.90 Å². The van der Waals surface area contributed by atoms with Crippen molar-refractivity contribution in [3.8, 4) is 0 Å². The number of ether oxygens (including phenoxy) is 1. The zero-order chi connectivity index (χ0) is 16.3. The van der Waals surface area contributed by atoms with Crippen molar-refractivity contribution < 1.29 is 19.4 Å². The van der Waals surface area contributed by atoms with Crippen LogP contribution in [0.2, 0.25) is 0 Å². The summed E-state index contributed by atoms with van der Waals surface area (Å²) in [5.41, 5.74) is -0.767. The minimum absolute atomic E-state index is 0.0453. The maximum absolute atomic E-state index is 12.5. The summed E-state index contributed by atoms with van der Waals surface area (Å²) >= 11 is 0. The zero-order valence-electron chi connectivity index (χ0n) is 14.0. The molecule has 2 atom stereocenters. The quantitative estimate of drug-likeness (QED) is 0.845. The number of carbonyl (C=O) groups is 2. The molecule has 0 aromatic rings. The summed E-state index contributed by atoms with van der Waals surface area (Å²) in [4.78, 5) is 26.0. The lowest BCUT2D eigenvalue weighted by Gasteiger charge is -2.33. The van der Waals surface area contributed by atoms with Crippen LogP contribution in [-0.2, 0) is 14.3 Å². The van der Waals surface area contributed by atoms with Gasteiger partial charge in [0.1, 0.15) is 0 Å². The first-order valence-electron chi connectivity index (χ1n) is 9.21. The van der Waals surface area contributed by atoms with E-state index in [4.69, 9.17) is 4.74 Å². The largest absolute Gasteiger partial charge is 0.481 e. The van der Waals surface area contributed by atoms with Gasteiger partial charge in [0.25, 0.3) is 0 Å². The molecule has 1 N–H and O–H groups in total. The number of aliphatic carboxylic acids is 1. The Labute approximate surface area is 138 Å². The van der Waals surface area contributed by atoms with Crippen LogP contribution >= 0.6 is 0 Å². The van der Waals surface area contributed by atoms with E-state index in [0.717, 1.165) is 18.8 Å². The summed E-state index contributed by atoms with van der Waals surface area (Å²) in [6, 6.07) is 0. The van der Waals surface area contributed by atoms with Crippen molar-refractivity contribution >= 4 is 11.9 Å². The second kappa shape index (κ2) is 7.20. The Morgan fingerprint density at radius 2 is 2.00 bits per heavy atom. The zero-order valence-corrected chi connectivity index (χ0v) is 14.0. The number of hydrogen-bond acceptors (Lipinski definition) is 3. The van der Waals surface area contributed by atoms with Gasteiger partial charge in [0.2, 0.25) is 5.91 Å². The molecule has 130 valence electrons. The van der Waals surface area contributed by atoms with Gasteiger partial charge in [0.05, 0.1) is 12.0 Å². The summed E-state index contributed by atoms with van der Waals surface area (Å²) in [5, 5.41) is 9.65. The second-order valence-corrected chi connectivity index (χ2v) is 7.65. The van der Waals surface area contributed by atoms with Crippen molar-refractivity contribution in [3.63, 3.8) is 0 Å². The average molecular weight is 323 g/mol. The monoisotopic (exact) mass is 323 g/mol. The van der Waals surface area contributed by atoms with Gasteiger partial charge in [0, 0.05) is 32.0 Å². The fourth-order valence-corrected chi connectivity index (χ4v) is 4.67. The van der Waals surface area contributed by atoms with E-state index in [-0.39, 0.29) is 11.8 Å². The van der Waals surface area contributed by atoms with Crippen LogP contribution in [0.5, 0.6) is 0 Å². The third-order valence-electron chi connectivity index (χ3n) is 6.21.